The van der Waals surface area contributed by atoms with E-state index in [1.54, 1.807) is 12.1 Å². The van der Waals surface area contributed by atoms with Gasteiger partial charge in [0, 0.05) is 23.9 Å². The number of nitrogens with one attached hydrogen (secondary N) is 3. The van der Waals surface area contributed by atoms with Crippen LogP contribution < -0.4 is 10.9 Å². The molecule has 3 rings (SSSR count). The van der Waals surface area contributed by atoms with E-state index in [9.17, 15) is 19.1 Å². The summed E-state index contributed by atoms with van der Waals surface area (Å²) < 4.78 is 13.4. The highest BCUT2D eigenvalue weighted by Gasteiger charge is 2.17. The van der Waals surface area contributed by atoms with Crippen LogP contribution in [0.15, 0.2) is 53.5 Å². The van der Waals surface area contributed by atoms with Crippen molar-refractivity contribution in [2.45, 2.75) is 6.10 Å². The second kappa shape index (κ2) is 7.10. The van der Waals surface area contributed by atoms with Gasteiger partial charge in [-0.25, -0.2) is 4.39 Å². The summed E-state index contributed by atoms with van der Waals surface area (Å²) in [6.07, 6.45) is 0.258. The highest BCUT2D eigenvalue weighted by molar-refractivity contribution is 5.99. The summed E-state index contributed by atoms with van der Waals surface area (Å²) in [5, 5.41) is 19.1. The number of nitrogens with zero attached hydrogens (tertiary/aromatic N) is 1. The van der Waals surface area contributed by atoms with E-state index in [1.165, 1.54) is 36.5 Å². The Hall–Kier alpha value is -3.26. The van der Waals surface area contributed by atoms with Crippen LogP contribution in [-0.2, 0) is 0 Å². The lowest BCUT2D eigenvalue weighted by molar-refractivity contribution is 0.0914. The van der Waals surface area contributed by atoms with Crippen LogP contribution in [-0.4, -0.2) is 32.7 Å². The molecular formula is C17H15FN4O3. The number of rotatable bonds is 5. The van der Waals surface area contributed by atoms with E-state index in [0.717, 1.165) is 0 Å². The Balaban J connectivity index is 1.72. The van der Waals surface area contributed by atoms with Gasteiger partial charge in [-0.15, -0.1) is 0 Å². The number of aromatic nitrogens is 3. The van der Waals surface area contributed by atoms with Crippen molar-refractivity contribution in [3.05, 3.63) is 76.1 Å². The first kappa shape index (κ1) is 16.6. The van der Waals surface area contributed by atoms with E-state index < -0.39 is 17.8 Å². The zero-order chi connectivity index (χ0) is 17.8. The number of halogens is 1. The number of carbonyl (C=O) groups excluding carboxylic acids is 1. The predicted octanol–water partition coefficient (Wildman–Crippen LogP) is 1.37. The van der Waals surface area contributed by atoms with Crippen molar-refractivity contribution in [1.82, 2.24) is 20.5 Å². The van der Waals surface area contributed by atoms with E-state index in [1.807, 2.05) is 0 Å². The lowest BCUT2D eigenvalue weighted by Gasteiger charge is -2.12. The molecule has 1 unspecified atom stereocenters. The minimum absolute atomic E-state index is 0.105. The number of benzene rings is 1. The van der Waals surface area contributed by atoms with E-state index >= 15 is 0 Å². The van der Waals surface area contributed by atoms with Crippen molar-refractivity contribution in [2.75, 3.05) is 6.54 Å². The number of aliphatic hydroxyl groups excluding tert-OH is 1. The Bertz CT molecular complexity index is 951. The van der Waals surface area contributed by atoms with Crippen LogP contribution in [0.25, 0.3) is 11.3 Å². The van der Waals surface area contributed by atoms with Crippen LogP contribution in [0.4, 0.5) is 4.39 Å². The zero-order valence-electron chi connectivity index (χ0n) is 13.0. The Morgan fingerprint density at radius 3 is 2.84 bits per heavy atom. The molecule has 2 heterocycles. The van der Waals surface area contributed by atoms with Crippen molar-refractivity contribution >= 4 is 5.91 Å². The van der Waals surface area contributed by atoms with E-state index in [2.05, 4.69) is 20.5 Å². The SMILES string of the molecule is O=C(NCC(O)c1cccc(=O)[nH]1)c1cn[nH]c1-c1cccc(F)c1. The molecule has 0 aliphatic rings. The Morgan fingerprint density at radius 2 is 2.08 bits per heavy atom. The van der Waals surface area contributed by atoms with E-state index in [4.69, 9.17) is 0 Å². The van der Waals surface area contributed by atoms with Gasteiger partial charge in [-0.3, -0.25) is 14.7 Å². The number of hydrogen-bond donors (Lipinski definition) is 4. The molecule has 0 aliphatic heterocycles. The predicted molar refractivity (Wildman–Crippen MR) is 88.3 cm³/mol. The van der Waals surface area contributed by atoms with Gasteiger partial charge in [-0.2, -0.15) is 5.10 Å². The fraction of sp³-hybridized carbons (Fsp3) is 0.118. The topological polar surface area (TPSA) is 111 Å². The van der Waals surface area contributed by atoms with Gasteiger partial charge in [-0.1, -0.05) is 18.2 Å². The molecule has 3 aromatic rings. The maximum atomic E-state index is 13.4. The quantitative estimate of drug-likeness (QED) is 0.561. The first-order valence-corrected chi connectivity index (χ1v) is 7.49. The second-order valence-electron chi connectivity index (χ2n) is 5.37. The summed E-state index contributed by atoms with van der Waals surface area (Å²) in [6, 6.07) is 10.2. The molecule has 4 N–H and O–H groups in total. The van der Waals surface area contributed by atoms with Gasteiger partial charge in [0.15, 0.2) is 0 Å². The summed E-state index contributed by atoms with van der Waals surface area (Å²) in [6.45, 7) is -0.105. The Kier molecular flexibility index (Phi) is 4.71. The van der Waals surface area contributed by atoms with Gasteiger partial charge < -0.3 is 15.4 Å². The lowest BCUT2D eigenvalue weighted by Crippen LogP contribution is -2.29. The number of amides is 1. The molecule has 0 radical (unpaired) electrons. The van der Waals surface area contributed by atoms with Crippen LogP contribution in [0.1, 0.15) is 22.2 Å². The number of hydrogen-bond acceptors (Lipinski definition) is 4. The molecule has 8 heteroatoms. The second-order valence-corrected chi connectivity index (χ2v) is 5.37. The van der Waals surface area contributed by atoms with Gasteiger partial charge >= 0.3 is 0 Å². The molecule has 1 atom stereocenters. The molecule has 0 saturated carbocycles. The molecule has 0 bridgehead atoms. The minimum Gasteiger partial charge on any atom is -0.385 e. The maximum absolute atomic E-state index is 13.4. The third kappa shape index (κ3) is 3.81. The smallest absolute Gasteiger partial charge is 0.255 e. The van der Waals surface area contributed by atoms with Gasteiger partial charge in [0.1, 0.15) is 11.9 Å². The molecule has 0 fully saturated rings. The molecule has 1 amide bonds. The fourth-order valence-electron chi connectivity index (χ4n) is 2.38. The molecule has 2 aromatic heterocycles. The highest BCUT2D eigenvalue weighted by atomic mass is 19.1. The first-order chi connectivity index (χ1) is 12.0. The Labute approximate surface area is 141 Å². The third-order valence-corrected chi connectivity index (χ3v) is 3.60. The third-order valence-electron chi connectivity index (χ3n) is 3.60. The minimum atomic E-state index is -1.07. The molecular weight excluding hydrogens is 327 g/mol. The standard InChI is InChI=1S/C17H15FN4O3/c18-11-4-1-3-10(7-11)16-12(8-20-22-16)17(25)19-9-14(23)13-5-2-6-15(24)21-13/h1-8,14,23H,9H2,(H,19,25)(H,20,22)(H,21,24). The maximum Gasteiger partial charge on any atom is 0.255 e. The number of H-pyrrole nitrogens is 2. The van der Waals surface area contributed by atoms with Gasteiger partial charge in [0.05, 0.1) is 17.5 Å². The van der Waals surface area contributed by atoms with E-state index in [0.29, 0.717) is 17.0 Å². The van der Waals surface area contributed by atoms with Crippen molar-refractivity contribution in [3.8, 4) is 11.3 Å². The molecule has 25 heavy (non-hydrogen) atoms. The van der Waals surface area contributed by atoms with Crippen molar-refractivity contribution < 1.29 is 14.3 Å². The largest absolute Gasteiger partial charge is 0.385 e. The van der Waals surface area contributed by atoms with Crippen molar-refractivity contribution in [1.29, 1.82) is 0 Å². The van der Waals surface area contributed by atoms with E-state index in [-0.39, 0.29) is 17.7 Å². The van der Waals surface area contributed by atoms with Gasteiger partial charge in [0.25, 0.3) is 5.91 Å². The van der Waals surface area contributed by atoms with Crippen LogP contribution in [0.3, 0.4) is 0 Å². The molecule has 128 valence electrons. The number of aliphatic hydroxyl groups is 1. The zero-order valence-corrected chi connectivity index (χ0v) is 13.0. The monoisotopic (exact) mass is 342 g/mol. The molecule has 1 aromatic carbocycles. The van der Waals surface area contributed by atoms with Crippen LogP contribution in [0.2, 0.25) is 0 Å². The van der Waals surface area contributed by atoms with Gasteiger partial charge in [-0.05, 0) is 18.2 Å². The fourth-order valence-corrected chi connectivity index (χ4v) is 2.38. The molecule has 0 aliphatic carbocycles. The first-order valence-electron chi connectivity index (χ1n) is 7.49. The summed E-state index contributed by atoms with van der Waals surface area (Å²) in [5.74, 6) is -0.910. The summed E-state index contributed by atoms with van der Waals surface area (Å²) in [7, 11) is 0. The molecule has 7 nitrogen and oxygen atoms in total. The Morgan fingerprint density at radius 1 is 1.28 bits per heavy atom. The number of aromatic amines is 2. The normalized spacial score (nSPS) is 11.9. The molecule has 0 spiro atoms. The summed E-state index contributed by atoms with van der Waals surface area (Å²) in [5.41, 5.74) is 1.03. The lowest BCUT2D eigenvalue weighted by atomic mass is 10.1. The van der Waals surface area contributed by atoms with Crippen molar-refractivity contribution in [3.63, 3.8) is 0 Å². The van der Waals surface area contributed by atoms with Crippen molar-refractivity contribution in [2.24, 2.45) is 0 Å². The van der Waals surface area contributed by atoms with Crippen LogP contribution in [0.5, 0.6) is 0 Å². The number of pyridine rings is 1. The van der Waals surface area contributed by atoms with Gasteiger partial charge in [0.2, 0.25) is 5.56 Å². The number of carbonyl (C=O) groups is 1. The van der Waals surface area contributed by atoms with Crippen LogP contribution >= 0.6 is 0 Å². The van der Waals surface area contributed by atoms with Crippen LogP contribution in [0, 0.1) is 5.82 Å². The summed E-state index contributed by atoms with van der Waals surface area (Å²) >= 11 is 0. The summed E-state index contributed by atoms with van der Waals surface area (Å²) in [4.78, 5) is 26.1. The average molecular weight is 342 g/mol. The average Bonchev–Trinajstić information content (AvgIpc) is 3.09. The molecule has 0 saturated heterocycles. The highest BCUT2D eigenvalue weighted by Crippen LogP contribution is 2.21.